The van der Waals surface area contributed by atoms with Crippen molar-refractivity contribution in [3.05, 3.63) is 173 Å². The zero-order valence-electron chi connectivity index (χ0n) is 56.0. The number of nitrogens with two attached hydrogens (primary N) is 1. The maximum absolute atomic E-state index is 14.1. The molecule has 0 heterocycles. The van der Waals surface area contributed by atoms with Crippen molar-refractivity contribution in [3.8, 4) is 5.75 Å². The second kappa shape index (κ2) is 39.9. The highest BCUT2D eigenvalue weighted by Gasteiger charge is 2.34. The molecule has 0 unspecified atom stereocenters. The summed E-state index contributed by atoms with van der Waals surface area (Å²) in [7, 11) is 0. The Bertz CT molecular complexity index is 3400. The molecule has 27 nitrogen and oxygen atoms in total. The van der Waals surface area contributed by atoms with Gasteiger partial charge in [-0.1, -0.05) is 133 Å². The second-order valence-corrected chi connectivity index (χ2v) is 24.9. The first-order valence-corrected chi connectivity index (χ1v) is 32.2. The minimum atomic E-state index is -1.61. The van der Waals surface area contributed by atoms with E-state index in [0.29, 0.717) is 16.7 Å². The van der Waals surface area contributed by atoms with Crippen LogP contribution in [0, 0.1) is 0 Å². The number of hydrogen-bond donors (Lipinski definition) is 11. The van der Waals surface area contributed by atoms with Crippen molar-refractivity contribution >= 4 is 71.4 Å². The summed E-state index contributed by atoms with van der Waals surface area (Å²) >= 11 is 0. The number of alkyl carbamates (subject to hydrolysis) is 2. The predicted molar refractivity (Wildman–Crippen MR) is 359 cm³/mol. The van der Waals surface area contributed by atoms with Gasteiger partial charge in [0.25, 0.3) is 5.91 Å². The Hall–Kier alpha value is -10.9. The van der Waals surface area contributed by atoms with Crippen molar-refractivity contribution in [3.63, 3.8) is 0 Å². The highest BCUT2D eigenvalue weighted by molar-refractivity contribution is 5.96. The summed E-state index contributed by atoms with van der Waals surface area (Å²) in [5.74, 6) is -7.92. The van der Waals surface area contributed by atoms with Crippen molar-refractivity contribution in [1.82, 2.24) is 47.9 Å². The van der Waals surface area contributed by atoms with Gasteiger partial charge in [0.1, 0.15) is 60.3 Å². The van der Waals surface area contributed by atoms with Gasteiger partial charge in [-0.15, -0.1) is 0 Å². The average Bonchev–Trinajstić information content (AvgIpc) is 0.867. The van der Waals surface area contributed by atoms with E-state index in [1.165, 1.54) is 24.3 Å². The van der Waals surface area contributed by atoms with Crippen LogP contribution in [0.15, 0.2) is 146 Å². The topological polar surface area (TPSA) is 396 Å². The fraction of sp³-hybridized carbons (Fsp3) is 0.408. The van der Waals surface area contributed by atoms with Gasteiger partial charge in [0.2, 0.25) is 41.4 Å². The predicted octanol–water partition coefficient (Wildman–Crippen LogP) is 4.57. The fourth-order valence-electron chi connectivity index (χ4n) is 9.59. The largest absolute Gasteiger partial charge is 0.508 e. The Kier molecular flexibility index (Phi) is 31.7. The molecule has 0 spiro atoms. The molecule has 5 rings (SSSR count). The van der Waals surface area contributed by atoms with Crippen LogP contribution in [0.2, 0.25) is 0 Å². The summed E-state index contributed by atoms with van der Waals surface area (Å²) < 4.78 is 21.5. The molecule has 0 aliphatic heterocycles. The molecular formula is C71H90N10O17. The molecule has 526 valence electrons. The fourth-order valence-corrected chi connectivity index (χ4v) is 9.59. The van der Waals surface area contributed by atoms with Crippen molar-refractivity contribution in [2.45, 2.75) is 160 Å². The highest BCUT2D eigenvalue weighted by Crippen LogP contribution is 2.22. The zero-order chi connectivity index (χ0) is 71.6. The van der Waals surface area contributed by atoms with Crippen molar-refractivity contribution in [1.29, 1.82) is 0 Å². The van der Waals surface area contributed by atoms with E-state index >= 15 is 0 Å². The number of ether oxygens (including phenoxy) is 4. The van der Waals surface area contributed by atoms with Crippen molar-refractivity contribution < 1.29 is 81.6 Å². The molecular weight excluding hydrogens is 1260 g/mol. The molecule has 12 N–H and O–H groups in total. The van der Waals surface area contributed by atoms with Crippen LogP contribution >= 0.6 is 0 Å². The molecule has 5 atom stereocenters. The number of carbonyl (C=O) groups excluding carboxylic acids is 12. The molecule has 0 fully saturated rings. The minimum absolute atomic E-state index is 0.000999. The number of phenols is 1. The Labute approximate surface area is 569 Å². The molecule has 0 radical (unpaired) electrons. The number of benzene rings is 5. The van der Waals surface area contributed by atoms with Crippen LogP contribution in [0.5, 0.6) is 5.75 Å². The molecule has 0 aliphatic rings. The quantitative estimate of drug-likeness (QED) is 0.0147. The second-order valence-electron chi connectivity index (χ2n) is 24.9. The van der Waals surface area contributed by atoms with Gasteiger partial charge >= 0.3 is 24.1 Å². The van der Waals surface area contributed by atoms with Gasteiger partial charge < -0.3 is 77.6 Å². The van der Waals surface area contributed by atoms with E-state index in [1.54, 1.807) is 102 Å². The van der Waals surface area contributed by atoms with E-state index in [0.717, 1.165) is 11.1 Å². The van der Waals surface area contributed by atoms with E-state index in [1.807, 2.05) is 60.7 Å². The van der Waals surface area contributed by atoms with Gasteiger partial charge in [0.15, 0.2) is 6.61 Å². The lowest BCUT2D eigenvalue weighted by Crippen LogP contribution is -2.57. The van der Waals surface area contributed by atoms with E-state index in [2.05, 4.69) is 47.9 Å². The van der Waals surface area contributed by atoms with E-state index in [9.17, 15) is 62.6 Å². The van der Waals surface area contributed by atoms with Crippen LogP contribution < -0.4 is 53.6 Å². The number of unbranched alkanes of at least 4 members (excludes halogenated alkanes) is 1. The van der Waals surface area contributed by atoms with Gasteiger partial charge in [-0.25, -0.2) is 9.59 Å². The Morgan fingerprint density at radius 2 is 0.888 bits per heavy atom. The summed E-state index contributed by atoms with van der Waals surface area (Å²) in [4.78, 5) is 160. The molecule has 27 heteroatoms. The van der Waals surface area contributed by atoms with Gasteiger partial charge in [-0.2, -0.15) is 0 Å². The van der Waals surface area contributed by atoms with Gasteiger partial charge in [0.05, 0.1) is 12.5 Å². The molecule has 0 aliphatic carbocycles. The third-order valence-electron chi connectivity index (χ3n) is 14.4. The number of hydrogen-bond acceptors (Lipinski definition) is 17. The lowest BCUT2D eigenvalue weighted by atomic mass is 9.99. The van der Waals surface area contributed by atoms with Crippen molar-refractivity contribution in [2.24, 2.45) is 5.73 Å². The lowest BCUT2D eigenvalue weighted by molar-refractivity contribution is -0.156. The molecule has 5 aromatic rings. The van der Waals surface area contributed by atoms with Gasteiger partial charge in [0, 0.05) is 38.8 Å². The van der Waals surface area contributed by atoms with Crippen LogP contribution in [0.3, 0.4) is 0 Å². The lowest BCUT2D eigenvalue weighted by Gasteiger charge is -2.26. The number of amides is 10. The van der Waals surface area contributed by atoms with Gasteiger partial charge in [-0.3, -0.25) is 47.9 Å². The Balaban J connectivity index is 1.16. The Morgan fingerprint density at radius 3 is 1.45 bits per heavy atom. The summed E-state index contributed by atoms with van der Waals surface area (Å²) in [5.41, 5.74) is 7.15. The highest BCUT2D eigenvalue weighted by atomic mass is 16.6. The SMILES string of the molecule is CC(C)(C)OC(=O)C[C@H](NC(=O)[C@H](CCCCNC(=O)CCC(=O)NCCC[C@H](NC(=O)[C@H](Cc1ccc(O)cc1)NC(=O)OC(C)(C)C)C(=O)NCC(=O)OCC(=O)NC(c1ccccc1)c1ccccc1)NC(=O)OCc1ccccc1)C(=O)N[C@@H](Cc1ccccc1)C(N)=O. The number of phenolic OH excluding ortho intramolecular Hbond substituents is 1. The number of rotatable bonds is 37. The summed E-state index contributed by atoms with van der Waals surface area (Å²) in [6, 6.07) is 34.1. The molecule has 0 saturated carbocycles. The molecule has 0 bridgehead atoms. The molecule has 98 heavy (non-hydrogen) atoms. The molecule has 5 aromatic carbocycles. The molecule has 10 amide bonds. The third kappa shape index (κ3) is 30.7. The van der Waals surface area contributed by atoms with Crippen LogP contribution in [0.1, 0.15) is 127 Å². The average molecular weight is 1360 g/mol. The van der Waals surface area contributed by atoms with E-state index < -0.39 is 138 Å². The van der Waals surface area contributed by atoms with E-state index in [-0.39, 0.29) is 83.2 Å². The Morgan fingerprint density at radius 1 is 0.429 bits per heavy atom. The number of carbonyl (C=O) groups is 12. The maximum atomic E-state index is 14.1. The summed E-state index contributed by atoms with van der Waals surface area (Å²) in [6.07, 6.45) is -2.86. The summed E-state index contributed by atoms with van der Waals surface area (Å²) in [6.45, 7) is 8.20. The van der Waals surface area contributed by atoms with Crippen molar-refractivity contribution in [2.75, 3.05) is 26.2 Å². The molecule has 0 saturated heterocycles. The summed E-state index contributed by atoms with van der Waals surface area (Å²) in [5, 5.41) is 33.3. The van der Waals surface area contributed by atoms with Crippen LogP contribution in [0.25, 0.3) is 0 Å². The third-order valence-corrected chi connectivity index (χ3v) is 14.4. The minimum Gasteiger partial charge on any atom is -0.508 e. The van der Waals surface area contributed by atoms with Gasteiger partial charge in [-0.05, 0) is 114 Å². The number of primary amides is 1. The number of esters is 2. The van der Waals surface area contributed by atoms with E-state index in [4.69, 9.17) is 24.7 Å². The van der Waals surface area contributed by atoms with Crippen LogP contribution in [0.4, 0.5) is 9.59 Å². The maximum Gasteiger partial charge on any atom is 0.408 e. The number of nitrogens with one attached hydrogen (secondary N) is 9. The smallest absolute Gasteiger partial charge is 0.408 e. The van der Waals surface area contributed by atoms with Crippen LogP contribution in [-0.4, -0.2) is 144 Å². The standard InChI is InChI=1S/C71H90N10O17/c1-70(2,3)97-60(86)42-56(67(92)77-54(63(72)88)40-46-22-11-7-12-23-46)78-65(90)53(79-68(93)96-44-48-24-13-8-14-25-48)30-19-20-38-73-57(83)36-37-58(84)74-39-21-31-52(76-66(91)55(80-69(94)98-71(4,5)6)41-47-32-34-51(82)35-33-47)64(89)75-43-61(87)95-45-59(85)81-62(49-26-15-9-16-27-49)50-28-17-10-18-29-50/h7-18,22-29,32-35,52-56,62,82H,19-21,30-31,36-45H2,1-6H3,(H2,72,88)(H,73,83)(H,74,84)(H,75,89)(H,76,91)(H,77,92)(H,78,90)(H,79,93)(H,80,94)(H,81,85)/t52-,53-,54-,55-,56-/m0/s1. The normalized spacial score (nSPS) is 12.6. The number of aromatic hydroxyl groups is 1. The van der Waals surface area contributed by atoms with Crippen LogP contribution in [-0.2, 0) is 86.3 Å². The zero-order valence-corrected chi connectivity index (χ0v) is 56.0. The first-order valence-electron chi connectivity index (χ1n) is 32.2. The monoisotopic (exact) mass is 1350 g/mol. The molecule has 0 aromatic heterocycles. The first kappa shape index (κ1) is 77.8. The first-order chi connectivity index (χ1) is 46.6.